The summed E-state index contributed by atoms with van der Waals surface area (Å²) in [5.74, 6) is -0.952. The van der Waals surface area contributed by atoms with Crippen molar-refractivity contribution in [3.8, 4) is 5.69 Å². The minimum Gasteiger partial charge on any atom is -0.478 e. The Morgan fingerprint density at radius 2 is 1.89 bits per heavy atom. The van der Waals surface area contributed by atoms with E-state index in [1.54, 1.807) is 22.9 Å². The van der Waals surface area contributed by atoms with Crippen LogP contribution >= 0.6 is 23.1 Å². The minimum absolute atomic E-state index is 0.0759. The molecule has 0 bridgehead atoms. The molecular formula is C19H17N5O2S2. The van der Waals surface area contributed by atoms with E-state index in [-0.39, 0.29) is 11.0 Å². The number of carbonyl (C=O) groups is 1. The lowest BCUT2D eigenvalue weighted by atomic mass is 9.87. The van der Waals surface area contributed by atoms with E-state index in [2.05, 4.69) is 53.4 Å². The molecular weight excluding hydrogens is 394 g/mol. The van der Waals surface area contributed by atoms with Gasteiger partial charge in [0.25, 0.3) is 0 Å². The molecule has 28 heavy (non-hydrogen) atoms. The average molecular weight is 412 g/mol. The Morgan fingerprint density at radius 3 is 2.57 bits per heavy atom. The number of hydrogen-bond donors (Lipinski definition) is 1. The van der Waals surface area contributed by atoms with E-state index >= 15 is 0 Å². The van der Waals surface area contributed by atoms with Gasteiger partial charge in [-0.05, 0) is 63.5 Å². The van der Waals surface area contributed by atoms with Crippen LogP contribution in [-0.4, -0.2) is 36.3 Å². The van der Waals surface area contributed by atoms with Gasteiger partial charge in [-0.2, -0.15) is 4.68 Å². The van der Waals surface area contributed by atoms with Gasteiger partial charge in [0.1, 0.15) is 0 Å². The van der Waals surface area contributed by atoms with Gasteiger partial charge in [0.05, 0.1) is 21.5 Å². The van der Waals surface area contributed by atoms with E-state index in [1.807, 2.05) is 12.1 Å². The van der Waals surface area contributed by atoms with E-state index in [4.69, 9.17) is 5.11 Å². The zero-order valence-corrected chi connectivity index (χ0v) is 17.1. The first-order valence-corrected chi connectivity index (χ1v) is 10.2. The Kier molecular flexibility index (Phi) is 4.64. The highest BCUT2D eigenvalue weighted by Gasteiger charge is 2.16. The van der Waals surface area contributed by atoms with Gasteiger partial charge < -0.3 is 5.11 Å². The number of nitrogens with zero attached hydrogens (tertiary/aromatic N) is 5. The molecule has 0 saturated carbocycles. The predicted octanol–water partition coefficient (Wildman–Crippen LogP) is 4.42. The van der Waals surface area contributed by atoms with Crippen molar-refractivity contribution in [2.75, 3.05) is 0 Å². The van der Waals surface area contributed by atoms with Crippen molar-refractivity contribution in [3.05, 3.63) is 53.6 Å². The number of hydrogen-bond acceptors (Lipinski definition) is 7. The lowest BCUT2D eigenvalue weighted by Gasteiger charge is -2.19. The van der Waals surface area contributed by atoms with E-state index < -0.39 is 5.97 Å². The minimum atomic E-state index is -0.952. The molecule has 0 radical (unpaired) electrons. The number of carboxylic acids is 1. The third-order valence-electron chi connectivity index (χ3n) is 4.21. The Bertz CT molecular complexity index is 1160. The Morgan fingerprint density at radius 1 is 1.14 bits per heavy atom. The topological polar surface area (TPSA) is 93.8 Å². The smallest absolute Gasteiger partial charge is 0.335 e. The molecule has 0 saturated heterocycles. The maximum absolute atomic E-state index is 11.1. The van der Waals surface area contributed by atoms with Crippen LogP contribution in [0.4, 0.5) is 0 Å². The summed E-state index contributed by atoms with van der Waals surface area (Å²) in [5, 5.41) is 21.7. The third kappa shape index (κ3) is 3.63. The summed E-state index contributed by atoms with van der Waals surface area (Å²) in [6.45, 7) is 6.51. The fourth-order valence-corrected chi connectivity index (χ4v) is 4.67. The lowest BCUT2D eigenvalue weighted by molar-refractivity contribution is 0.0697. The standard InChI is InChI=1S/C19H17N5O2S2/c1-19(2,3)12-5-7-13(8-6-12)24-17(21-22-23-24)28-18-20-14-9-4-11(16(25)26)10-15(14)27-18/h4-10H,1-3H3,(H,25,26). The molecule has 0 atom stereocenters. The molecule has 0 aliphatic rings. The van der Waals surface area contributed by atoms with Gasteiger partial charge in [0.15, 0.2) is 4.34 Å². The summed E-state index contributed by atoms with van der Waals surface area (Å²) in [5.41, 5.74) is 3.18. The zero-order chi connectivity index (χ0) is 19.9. The van der Waals surface area contributed by atoms with Crippen molar-refractivity contribution in [1.29, 1.82) is 0 Å². The van der Waals surface area contributed by atoms with Crippen LogP contribution in [0, 0.1) is 0 Å². The summed E-state index contributed by atoms with van der Waals surface area (Å²) in [4.78, 5) is 15.7. The molecule has 1 N–H and O–H groups in total. The molecule has 0 spiro atoms. The van der Waals surface area contributed by atoms with Crippen molar-refractivity contribution in [2.24, 2.45) is 0 Å². The Balaban J connectivity index is 1.63. The number of benzene rings is 2. The first-order chi connectivity index (χ1) is 13.3. The number of fused-ring (bicyclic) bond motifs is 1. The summed E-state index contributed by atoms with van der Waals surface area (Å²) in [6.07, 6.45) is 0. The second kappa shape index (κ2) is 6.99. The van der Waals surface area contributed by atoms with E-state index in [0.717, 1.165) is 20.2 Å². The molecule has 0 aliphatic heterocycles. The Labute approximate surface area is 169 Å². The van der Waals surface area contributed by atoms with Gasteiger partial charge >= 0.3 is 5.97 Å². The zero-order valence-electron chi connectivity index (χ0n) is 15.4. The van der Waals surface area contributed by atoms with E-state index in [1.165, 1.54) is 28.7 Å². The summed E-state index contributed by atoms with van der Waals surface area (Å²) in [6, 6.07) is 13.1. The second-order valence-corrected chi connectivity index (χ2v) is 9.48. The van der Waals surface area contributed by atoms with Crippen molar-refractivity contribution in [3.63, 3.8) is 0 Å². The maximum Gasteiger partial charge on any atom is 0.335 e. The summed E-state index contributed by atoms with van der Waals surface area (Å²) >= 11 is 2.77. The molecule has 0 aliphatic carbocycles. The summed E-state index contributed by atoms with van der Waals surface area (Å²) in [7, 11) is 0. The summed E-state index contributed by atoms with van der Waals surface area (Å²) < 4.78 is 3.24. The number of tetrazole rings is 1. The van der Waals surface area contributed by atoms with Crippen LogP contribution in [0.3, 0.4) is 0 Å². The van der Waals surface area contributed by atoms with Crippen LogP contribution < -0.4 is 0 Å². The maximum atomic E-state index is 11.1. The SMILES string of the molecule is CC(C)(C)c1ccc(-n2nnnc2Sc2nc3ccc(C(=O)O)cc3s2)cc1. The van der Waals surface area contributed by atoms with Crippen molar-refractivity contribution in [2.45, 2.75) is 35.7 Å². The van der Waals surface area contributed by atoms with Gasteiger partial charge in [0.2, 0.25) is 5.16 Å². The van der Waals surface area contributed by atoms with Crippen LogP contribution in [0.15, 0.2) is 52.0 Å². The first-order valence-electron chi connectivity index (χ1n) is 8.52. The van der Waals surface area contributed by atoms with Gasteiger partial charge in [-0.1, -0.05) is 32.9 Å². The molecule has 0 amide bonds. The van der Waals surface area contributed by atoms with Gasteiger partial charge in [-0.25, -0.2) is 9.78 Å². The first kappa shape index (κ1) is 18.6. The number of rotatable bonds is 4. The highest BCUT2D eigenvalue weighted by molar-refractivity contribution is 8.01. The third-order valence-corrected chi connectivity index (χ3v) is 6.23. The van der Waals surface area contributed by atoms with Gasteiger partial charge in [-0.15, -0.1) is 16.4 Å². The van der Waals surface area contributed by atoms with E-state index in [0.29, 0.717) is 5.16 Å². The van der Waals surface area contributed by atoms with E-state index in [9.17, 15) is 4.79 Å². The van der Waals surface area contributed by atoms with Crippen LogP contribution in [0.5, 0.6) is 0 Å². The fraction of sp³-hybridized carbons (Fsp3) is 0.211. The predicted molar refractivity (Wildman–Crippen MR) is 109 cm³/mol. The quantitative estimate of drug-likeness (QED) is 0.531. The van der Waals surface area contributed by atoms with Crippen molar-refractivity contribution in [1.82, 2.24) is 25.2 Å². The Hall–Kier alpha value is -2.78. The molecule has 7 nitrogen and oxygen atoms in total. The molecule has 2 heterocycles. The number of aromatic nitrogens is 5. The monoisotopic (exact) mass is 411 g/mol. The van der Waals surface area contributed by atoms with Crippen LogP contribution in [0.1, 0.15) is 36.7 Å². The number of carboxylic acid groups (broad SMARTS) is 1. The second-order valence-electron chi connectivity index (χ2n) is 7.24. The highest BCUT2D eigenvalue weighted by atomic mass is 32.2. The van der Waals surface area contributed by atoms with Crippen molar-refractivity contribution >= 4 is 39.3 Å². The molecule has 2 aromatic heterocycles. The average Bonchev–Trinajstić information content (AvgIpc) is 3.26. The molecule has 0 fully saturated rings. The molecule has 4 aromatic rings. The largest absolute Gasteiger partial charge is 0.478 e. The number of thiazole rings is 1. The van der Waals surface area contributed by atoms with Gasteiger partial charge in [-0.3, -0.25) is 0 Å². The van der Waals surface area contributed by atoms with Crippen LogP contribution in [0.2, 0.25) is 0 Å². The van der Waals surface area contributed by atoms with Crippen LogP contribution in [-0.2, 0) is 5.41 Å². The molecule has 4 rings (SSSR count). The lowest BCUT2D eigenvalue weighted by Crippen LogP contribution is -2.11. The normalized spacial score (nSPS) is 11.8. The van der Waals surface area contributed by atoms with Gasteiger partial charge in [0, 0.05) is 0 Å². The van der Waals surface area contributed by atoms with Crippen molar-refractivity contribution < 1.29 is 9.90 Å². The number of aromatic carboxylic acids is 1. The van der Waals surface area contributed by atoms with Crippen LogP contribution in [0.25, 0.3) is 15.9 Å². The molecule has 142 valence electrons. The molecule has 2 aromatic carbocycles. The fourth-order valence-electron chi connectivity index (χ4n) is 2.67. The molecule has 0 unspecified atom stereocenters. The highest BCUT2D eigenvalue weighted by Crippen LogP contribution is 2.34. The molecule has 9 heteroatoms.